The van der Waals surface area contributed by atoms with Crippen molar-refractivity contribution in [3.63, 3.8) is 0 Å². The maximum absolute atomic E-state index is 11.9. The zero-order valence-corrected chi connectivity index (χ0v) is 16.0. The minimum Gasteiger partial charge on any atom is -0.323 e. The number of sulfonamides is 2. The molecule has 2 aromatic rings. The lowest BCUT2D eigenvalue weighted by molar-refractivity contribution is -0.111. The van der Waals surface area contributed by atoms with E-state index in [1.54, 1.807) is 54.6 Å². The van der Waals surface area contributed by atoms with Crippen LogP contribution in [0.3, 0.4) is 0 Å². The second-order valence-electron chi connectivity index (χ2n) is 5.82. The van der Waals surface area contributed by atoms with E-state index >= 15 is 0 Å². The standard InChI is InChI=1S/C17H19N3O5S2/c1-26(22,23)20-16-9-2-13(3-10-16)6-11-17(21)19-15-7-4-14(5-8-15)12-27(18,24)25/h2-11,20H,12H2,1H3,(H,19,21)(H2,18,24,25)/b11-6+. The fourth-order valence-electron chi connectivity index (χ4n) is 2.15. The first kappa shape index (κ1) is 20.6. The molecule has 2 rings (SSSR count). The van der Waals surface area contributed by atoms with Crippen LogP contribution in [0, 0.1) is 0 Å². The number of hydrogen-bond acceptors (Lipinski definition) is 5. The lowest BCUT2D eigenvalue weighted by atomic mass is 10.2. The van der Waals surface area contributed by atoms with Gasteiger partial charge in [-0.05, 0) is 41.5 Å². The maximum atomic E-state index is 11.9. The van der Waals surface area contributed by atoms with Gasteiger partial charge < -0.3 is 5.32 Å². The number of primary sulfonamides is 1. The maximum Gasteiger partial charge on any atom is 0.248 e. The average molecular weight is 409 g/mol. The molecule has 144 valence electrons. The number of carbonyl (C=O) groups is 1. The molecule has 0 aromatic heterocycles. The summed E-state index contributed by atoms with van der Waals surface area (Å²) in [5.41, 5.74) is 2.18. The summed E-state index contributed by atoms with van der Waals surface area (Å²) in [6.07, 6.45) is 3.97. The van der Waals surface area contributed by atoms with Gasteiger partial charge in [-0.25, -0.2) is 22.0 Å². The molecule has 2 aromatic carbocycles. The Balaban J connectivity index is 1.95. The van der Waals surface area contributed by atoms with E-state index in [-0.39, 0.29) is 11.7 Å². The van der Waals surface area contributed by atoms with Crippen molar-refractivity contribution in [2.45, 2.75) is 5.75 Å². The molecule has 27 heavy (non-hydrogen) atoms. The Labute approximate surface area is 158 Å². The number of amides is 1. The van der Waals surface area contributed by atoms with Crippen LogP contribution in [-0.4, -0.2) is 29.0 Å². The van der Waals surface area contributed by atoms with Crippen LogP contribution < -0.4 is 15.2 Å². The first-order chi connectivity index (χ1) is 12.5. The smallest absolute Gasteiger partial charge is 0.248 e. The average Bonchev–Trinajstić information content (AvgIpc) is 2.53. The minimum atomic E-state index is -3.60. The van der Waals surface area contributed by atoms with Crippen LogP contribution in [0.1, 0.15) is 11.1 Å². The predicted molar refractivity (Wildman–Crippen MR) is 106 cm³/mol. The third-order valence-electron chi connectivity index (χ3n) is 3.23. The summed E-state index contributed by atoms with van der Waals surface area (Å²) in [4.78, 5) is 11.9. The summed E-state index contributed by atoms with van der Waals surface area (Å²) >= 11 is 0. The highest BCUT2D eigenvalue weighted by molar-refractivity contribution is 7.92. The van der Waals surface area contributed by atoms with Crippen molar-refractivity contribution in [3.05, 3.63) is 65.7 Å². The van der Waals surface area contributed by atoms with E-state index in [4.69, 9.17) is 5.14 Å². The Morgan fingerprint density at radius 3 is 2.04 bits per heavy atom. The molecule has 1 amide bonds. The van der Waals surface area contributed by atoms with Gasteiger partial charge in [0, 0.05) is 17.5 Å². The van der Waals surface area contributed by atoms with E-state index in [0.717, 1.165) is 6.26 Å². The van der Waals surface area contributed by atoms with Crippen LogP contribution in [0.2, 0.25) is 0 Å². The number of nitrogens with one attached hydrogen (secondary N) is 2. The summed E-state index contributed by atoms with van der Waals surface area (Å²) in [7, 11) is -6.94. The molecule has 0 atom stereocenters. The van der Waals surface area contributed by atoms with E-state index in [9.17, 15) is 21.6 Å². The molecule has 0 heterocycles. The SMILES string of the molecule is CS(=O)(=O)Nc1ccc(/C=C/C(=O)Nc2ccc(CS(N)(=O)=O)cc2)cc1. The fraction of sp³-hybridized carbons (Fsp3) is 0.118. The Morgan fingerprint density at radius 1 is 0.963 bits per heavy atom. The minimum absolute atomic E-state index is 0.273. The van der Waals surface area contributed by atoms with E-state index in [2.05, 4.69) is 10.0 Å². The summed E-state index contributed by atoms with van der Waals surface area (Å²) in [6, 6.07) is 12.8. The van der Waals surface area contributed by atoms with Gasteiger partial charge >= 0.3 is 0 Å². The number of carbonyl (C=O) groups excluding carboxylic acids is 1. The van der Waals surface area contributed by atoms with Crippen molar-refractivity contribution >= 4 is 43.4 Å². The molecule has 0 aliphatic heterocycles. The normalized spacial score (nSPS) is 12.1. The molecule has 0 radical (unpaired) electrons. The first-order valence-corrected chi connectivity index (χ1v) is 11.3. The molecule has 0 unspecified atom stereocenters. The zero-order chi connectivity index (χ0) is 20.1. The Morgan fingerprint density at radius 2 is 1.52 bits per heavy atom. The predicted octanol–water partition coefficient (Wildman–Crippen LogP) is 1.50. The number of rotatable bonds is 7. The molecule has 4 N–H and O–H groups in total. The topological polar surface area (TPSA) is 135 Å². The van der Waals surface area contributed by atoms with Crippen molar-refractivity contribution in [1.29, 1.82) is 0 Å². The van der Waals surface area contributed by atoms with Gasteiger partial charge in [0.15, 0.2) is 0 Å². The van der Waals surface area contributed by atoms with Gasteiger partial charge in [-0.2, -0.15) is 0 Å². The van der Waals surface area contributed by atoms with E-state index < -0.39 is 20.0 Å². The Kier molecular flexibility index (Phi) is 6.37. The van der Waals surface area contributed by atoms with Gasteiger partial charge in [-0.1, -0.05) is 24.3 Å². The highest BCUT2D eigenvalue weighted by atomic mass is 32.2. The molecular weight excluding hydrogens is 390 g/mol. The second-order valence-corrected chi connectivity index (χ2v) is 9.19. The number of hydrogen-bond donors (Lipinski definition) is 3. The van der Waals surface area contributed by atoms with E-state index in [0.29, 0.717) is 22.5 Å². The van der Waals surface area contributed by atoms with E-state index in [1.807, 2.05) is 0 Å². The van der Waals surface area contributed by atoms with Gasteiger partial charge in [0.1, 0.15) is 0 Å². The summed E-state index contributed by atoms with van der Waals surface area (Å²) in [5.74, 6) is -0.641. The molecule has 0 saturated carbocycles. The molecule has 0 aliphatic carbocycles. The van der Waals surface area contributed by atoms with Crippen LogP contribution in [0.15, 0.2) is 54.6 Å². The number of anilines is 2. The highest BCUT2D eigenvalue weighted by Crippen LogP contribution is 2.13. The Hall–Kier alpha value is -2.69. The highest BCUT2D eigenvalue weighted by Gasteiger charge is 2.05. The molecule has 0 spiro atoms. The van der Waals surface area contributed by atoms with Crippen LogP contribution in [-0.2, 0) is 30.6 Å². The molecule has 0 aliphatic rings. The number of benzene rings is 2. The lowest BCUT2D eigenvalue weighted by Gasteiger charge is -2.05. The summed E-state index contributed by atoms with van der Waals surface area (Å²) in [6.45, 7) is 0. The van der Waals surface area contributed by atoms with Crippen LogP contribution in [0.5, 0.6) is 0 Å². The Bertz CT molecular complexity index is 1040. The fourth-order valence-corrected chi connectivity index (χ4v) is 3.37. The molecule has 0 bridgehead atoms. The zero-order valence-electron chi connectivity index (χ0n) is 14.4. The largest absolute Gasteiger partial charge is 0.323 e. The van der Waals surface area contributed by atoms with Crippen LogP contribution >= 0.6 is 0 Å². The third-order valence-corrected chi connectivity index (χ3v) is 4.57. The van der Waals surface area contributed by atoms with Gasteiger partial charge in [0.25, 0.3) is 0 Å². The van der Waals surface area contributed by atoms with Crippen molar-refractivity contribution in [3.8, 4) is 0 Å². The molecular formula is C17H19N3O5S2. The van der Waals surface area contributed by atoms with Crippen LogP contribution in [0.4, 0.5) is 11.4 Å². The first-order valence-electron chi connectivity index (χ1n) is 7.66. The quantitative estimate of drug-likeness (QED) is 0.596. The summed E-state index contributed by atoms with van der Waals surface area (Å²) in [5, 5.41) is 7.63. The second kappa shape index (κ2) is 8.33. The van der Waals surface area contributed by atoms with Crippen LogP contribution in [0.25, 0.3) is 6.08 Å². The molecule has 0 saturated heterocycles. The van der Waals surface area contributed by atoms with Gasteiger partial charge in [0.05, 0.1) is 12.0 Å². The summed E-state index contributed by atoms with van der Waals surface area (Å²) < 4.78 is 46.7. The van der Waals surface area contributed by atoms with Crippen molar-refractivity contribution in [2.24, 2.45) is 5.14 Å². The van der Waals surface area contributed by atoms with E-state index in [1.165, 1.54) is 6.08 Å². The molecule has 10 heteroatoms. The molecule has 8 nitrogen and oxygen atoms in total. The lowest BCUT2D eigenvalue weighted by Crippen LogP contribution is -2.14. The van der Waals surface area contributed by atoms with Crippen molar-refractivity contribution in [1.82, 2.24) is 0 Å². The van der Waals surface area contributed by atoms with Crippen molar-refractivity contribution < 1.29 is 21.6 Å². The third kappa shape index (κ3) is 8.03. The number of nitrogens with two attached hydrogens (primary N) is 1. The van der Waals surface area contributed by atoms with Gasteiger partial charge in [-0.15, -0.1) is 0 Å². The van der Waals surface area contributed by atoms with Crippen molar-refractivity contribution in [2.75, 3.05) is 16.3 Å². The van der Waals surface area contributed by atoms with Gasteiger partial charge in [-0.3, -0.25) is 9.52 Å². The monoisotopic (exact) mass is 409 g/mol. The molecule has 0 fully saturated rings. The van der Waals surface area contributed by atoms with Gasteiger partial charge in [0.2, 0.25) is 26.0 Å².